The topological polar surface area (TPSA) is 76.2 Å². The lowest BCUT2D eigenvalue weighted by Crippen LogP contribution is -2.43. The molecule has 10 heteroatoms. The number of halogens is 3. The van der Waals surface area contributed by atoms with Gasteiger partial charge in [0.15, 0.2) is 0 Å². The molecule has 0 aromatic heterocycles. The van der Waals surface area contributed by atoms with E-state index in [9.17, 15) is 18.8 Å². The maximum Gasteiger partial charge on any atom is 0.314 e. The van der Waals surface area contributed by atoms with Crippen LogP contribution in [0.2, 0.25) is 5.02 Å². The third kappa shape index (κ3) is 5.94. The third-order valence-corrected chi connectivity index (χ3v) is 8.57. The predicted molar refractivity (Wildman–Crippen MR) is 144 cm³/mol. The summed E-state index contributed by atoms with van der Waals surface area (Å²) in [6, 6.07) is 8.18. The van der Waals surface area contributed by atoms with Gasteiger partial charge in [0, 0.05) is 43.2 Å². The van der Waals surface area contributed by atoms with E-state index in [1.165, 1.54) is 24.3 Å². The first kappa shape index (κ1) is 28.3. The highest BCUT2D eigenvalue weighted by atomic mass is 35.5. The molecule has 2 saturated heterocycles. The highest BCUT2D eigenvalue weighted by Gasteiger charge is 2.55. The van der Waals surface area contributed by atoms with Gasteiger partial charge >= 0.3 is 5.97 Å². The van der Waals surface area contributed by atoms with Crippen LogP contribution < -0.4 is 4.74 Å². The molecule has 0 spiro atoms. The van der Waals surface area contributed by atoms with Crippen molar-refractivity contribution >= 4 is 29.4 Å². The van der Waals surface area contributed by atoms with Crippen LogP contribution in [0.5, 0.6) is 5.75 Å². The van der Waals surface area contributed by atoms with Crippen LogP contribution in [0.3, 0.4) is 0 Å². The largest absolute Gasteiger partial charge is 0.493 e. The number of nitrogens with zero attached hydrogens (tertiary/aromatic N) is 2. The van der Waals surface area contributed by atoms with Gasteiger partial charge in [-0.25, -0.2) is 8.78 Å². The van der Waals surface area contributed by atoms with Crippen molar-refractivity contribution in [3.05, 3.63) is 64.2 Å². The van der Waals surface area contributed by atoms with Crippen LogP contribution in [-0.4, -0.2) is 67.0 Å². The van der Waals surface area contributed by atoms with Gasteiger partial charge in [0.05, 0.1) is 30.6 Å². The minimum Gasteiger partial charge on any atom is -0.493 e. The lowest BCUT2D eigenvalue weighted by molar-refractivity contribution is -0.157. The molecule has 2 aromatic rings. The average molecular weight is 575 g/mol. The van der Waals surface area contributed by atoms with E-state index in [1.807, 2.05) is 0 Å². The van der Waals surface area contributed by atoms with Crippen LogP contribution in [-0.2, 0) is 20.7 Å². The predicted octanol–water partition coefficient (Wildman–Crippen LogP) is 4.89. The fourth-order valence-electron chi connectivity index (χ4n) is 5.78. The number of amides is 2. The van der Waals surface area contributed by atoms with Crippen molar-refractivity contribution in [2.45, 2.75) is 39.0 Å². The Bertz CT molecular complexity index is 1300. The molecule has 0 unspecified atom stereocenters. The van der Waals surface area contributed by atoms with Gasteiger partial charge in [-0.05, 0) is 68.4 Å². The van der Waals surface area contributed by atoms with E-state index in [2.05, 4.69) is 0 Å². The minimum absolute atomic E-state index is 0.0479. The third-order valence-electron chi connectivity index (χ3n) is 8.22. The second kappa shape index (κ2) is 11.7. The Morgan fingerprint density at radius 3 is 2.55 bits per heavy atom. The molecule has 3 fully saturated rings. The van der Waals surface area contributed by atoms with E-state index >= 15 is 4.39 Å². The van der Waals surface area contributed by atoms with Gasteiger partial charge < -0.3 is 19.3 Å². The fourth-order valence-corrected chi connectivity index (χ4v) is 6.02. The van der Waals surface area contributed by atoms with Gasteiger partial charge in [-0.3, -0.25) is 14.4 Å². The van der Waals surface area contributed by atoms with Crippen LogP contribution in [0, 0.1) is 28.9 Å². The normalized spacial score (nSPS) is 22.4. The molecule has 0 bridgehead atoms. The molecule has 40 heavy (non-hydrogen) atoms. The molecular formula is C30H33ClF2N2O5. The zero-order chi connectivity index (χ0) is 28.4. The van der Waals surface area contributed by atoms with Gasteiger partial charge in [0.2, 0.25) is 5.91 Å². The highest BCUT2D eigenvalue weighted by Crippen LogP contribution is 2.44. The number of carbonyl (C=O) groups is 3. The molecule has 7 nitrogen and oxygen atoms in total. The molecule has 0 radical (unpaired) electrons. The Balaban J connectivity index is 1.33. The molecule has 2 aliphatic heterocycles. The van der Waals surface area contributed by atoms with Gasteiger partial charge in [-0.2, -0.15) is 0 Å². The molecule has 2 amide bonds. The van der Waals surface area contributed by atoms with Crippen LogP contribution >= 0.6 is 11.6 Å². The SMILES string of the molecule is CCOC(=O)[C@]12CCCN(C(=O)c3ccc(OCC4CC4)cc3F)C[C@H]1CN(C(=O)Cc1ccc(F)cc1Cl)C2. The lowest BCUT2D eigenvalue weighted by Gasteiger charge is -2.31. The van der Waals surface area contributed by atoms with Crippen molar-refractivity contribution in [1.82, 2.24) is 9.80 Å². The molecule has 2 heterocycles. The summed E-state index contributed by atoms with van der Waals surface area (Å²) in [4.78, 5) is 43.3. The second-order valence-corrected chi connectivity index (χ2v) is 11.4. The number of hydrogen-bond acceptors (Lipinski definition) is 5. The van der Waals surface area contributed by atoms with E-state index < -0.39 is 34.8 Å². The van der Waals surface area contributed by atoms with E-state index in [0.717, 1.165) is 18.9 Å². The molecule has 2 aromatic carbocycles. The number of fused-ring (bicyclic) bond motifs is 1. The number of benzene rings is 2. The average Bonchev–Trinajstić information content (AvgIpc) is 3.71. The molecular weight excluding hydrogens is 542 g/mol. The fraction of sp³-hybridized carbons (Fsp3) is 0.500. The van der Waals surface area contributed by atoms with Crippen LogP contribution in [0.15, 0.2) is 36.4 Å². The standard InChI is InChI=1S/C30H33ClF2N2O5/c1-2-39-29(38)30-10-3-11-34(28(37)24-9-8-23(14-26(24)33)40-17-19-4-5-19)15-21(30)16-35(18-30)27(36)12-20-6-7-22(32)13-25(20)31/h6-9,13-14,19,21H,2-5,10-12,15-18H2,1H3/t21-,30-/m0/s1. The number of ether oxygens (including phenoxy) is 2. The highest BCUT2D eigenvalue weighted by molar-refractivity contribution is 6.31. The smallest absolute Gasteiger partial charge is 0.314 e. The summed E-state index contributed by atoms with van der Waals surface area (Å²) in [6.45, 7) is 3.38. The molecule has 3 aliphatic rings. The van der Waals surface area contributed by atoms with Crippen molar-refractivity contribution in [3.8, 4) is 5.75 Å². The van der Waals surface area contributed by atoms with Crippen molar-refractivity contribution in [3.63, 3.8) is 0 Å². The first-order valence-electron chi connectivity index (χ1n) is 13.8. The Kier molecular flexibility index (Phi) is 8.31. The Labute approximate surface area is 237 Å². The Morgan fingerprint density at radius 1 is 1.07 bits per heavy atom. The summed E-state index contributed by atoms with van der Waals surface area (Å²) in [5.74, 6) is -1.74. The number of rotatable bonds is 8. The molecule has 2 atom stereocenters. The van der Waals surface area contributed by atoms with Crippen LogP contribution in [0.25, 0.3) is 0 Å². The molecule has 1 saturated carbocycles. The number of esters is 1. The van der Waals surface area contributed by atoms with E-state index in [1.54, 1.807) is 22.8 Å². The molecule has 0 N–H and O–H groups in total. The Morgan fingerprint density at radius 2 is 1.85 bits per heavy atom. The zero-order valence-corrected chi connectivity index (χ0v) is 23.2. The van der Waals surface area contributed by atoms with Gasteiger partial charge in [-0.1, -0.05) is 17.7 Å². The van der Waals surface area contributed by atoms with Crippen molar-refractivity contribution in [1.29, 1.82) is 0 Å². The summed E-state index contributed by atoms with van der Waals surface area (Å²) in [7, 11) is 0. The van der Waals surface area contributed by atoms with Crippen molar-refractivity contribution in [2.75, 3.05) is 39.4 Å². The van der Waals surface area contributed by atoms with Crippen LogP contribution in [0.4, 0.5) is 8.78 Å². The maximum atomic E-state index is 15.0. The minimum atomic E-state index is -0.980. The van der Waals surface area contributed by atoms with Gasteiger partial charge in [-0.15, -0.1) is 0 Å². The van der Waals surface area contributed by atoms with E-state index in [0.29, 0.717) is 43.2 Å². The molecule has 5 rings (SSSR count). The first-order chi connectivity index (χ1) is 19.2. The van der Waals surface area contributed by atoms with E-state index in [-0.39, 0.29) is 49.2 Å². The van der Waals surface area contributed by atoms with Crippen molar-refractivity contribution in [2.24, 2.45) is 17.3 Å². The summed E-state index contributed by atoms with van der Waals surface area (Å²) >= 11 is 6.14. The van der Waals surface area contributed by atoms with Crippen LogP contribution in [0.1, 0.15) is 48.5 Å². The Hall–Kier alpha value is -3.20. The van der Waals surface area contributed by atoms with Crippen molar-refractivity contribution < 1.29 is 32.6 Å². The maximum absolute atomic E-state index is 15.0. The van der Waals surface area contributed by atoms with Gasteiger partial charge in [0.1, 0.15) is 17.4 Å². The lowest BCUT2D eigenvalue weighted by atomic mass is 9.75. The zero-order valence-electron chi connectivity index (χ0n) is 22.5. The summed E-state index contributed by atoms with van der Waals surface area (Å²) < 4.78 is 39.6. The molecule has 1 aliphatic carbocycles. The monoisotopic (exact) mass is 574 g/mol. The summed E-state index contributed by atoms with van der Waals surface area (Å²) in [6.07, 6.45) is 3.11. The molecule has 214 valence electrons. The summed E-state index contributed by atoms with van der Waals surface area (Å²) in [5.41, 5.74) is -0.548. The van der Waals surface area contributed by atoms with E-state index in [4.69, 9.17) is 21.1 Å². The number of likely N-dealkylation sites (tertiary alicyclic amines) is 2. The second-order valence-electron chi connectivity index (χ2n) is 11.0. The van der Waals surface area contributed by atoms with Gasteiger partial charge in [0.25, 0.3) is 5.91 Å². The first-order valence-corrected chi connectivity index (χ1v) is 14.2. The number of hydrogen-bond donors (Lipinski definition) is 0. The quantitative estimate of drug-likeness (QED) is 0.420. The summed E-state index contributed by atoms with van der Waals surface area (Å²) in [5, 5.41) is 0.157. The number of carbonyl (C=O) groups excluding carboxylic acids is 3.